The maximum Gasteiger partial charge on any atom is 0.233 e. The first kappa shape index (κ1) is 13.6. The summed E-state index contributed by atoms with van der Waals surface area (Å²) in [6.07, 6.45) is 0.995. The first-order valence-electron chi connectivity index (χ1n) is 6.58. The molecule has 1 aliphatic rings. The third kappa shape index (κ3) is 2.71. The van der Waals surface area contributed by atoms with Crippen LogP contribution in [0.4, 0.5) is 4.39 Å². The first-order valence-corrected chi connectivity index (χ1v) is 7.57. The van der Waals surface area contributed by atoms with Crippen LogP contribution < -0.4 is 5.32 Å². The minimum absolute atomic E-state index is 0.0755. The molecule has 0 bridgehead atoms. The van der Waals surface area contributed by atoms with Crippen molar-refractivity contribution in [3.8, 4) is 0 Å². The third-order valence-corrected chi connectivity index (χ3v) is 4.59. The SMILES string of the molecule is CC1(c2nc(CSc3ccccc3F)no2)CCNC1. The quantitative estimate of drug-likeness (QED) is 0.878. The lowest BCUT2D eigenvalue weighted by Gasteiger charge is -2.15. The zero-order chi connectivity index (χ0) is 14.0. The molecule has 0 saturated carbocycles. The normalized spacial score (nSPS) is 22.3. The second-order valence-electron chi connectivity index (χ2n) is 5.22. The van der Waals surface area contributed by atoms with E-state index in [1.165, 1.54) is 17.8 Å². The average molecular weight is 293 g/mol. The van der Waals surface area contributed by atoms with Gasteiger partial charge in [0.25, 0.3) is 0 Å². The zero-order valence-electron chi connectivity index (χ0n) is 11.2. The highest BCUT2D eigenvalue weighted by molar-refractivity contribution is 7.98. The summed E-state index contributed by atoms with van der Waals surface area (Å²) in [5.41, 5.74) is -0.0755. The van der Waals surface area contributed by atoms with Crippen LogP contribution in [0.5, 0.6) is 0 Å². The number of halogens is 1. The molecule has 1 aromatic heterocycles. The van der Waals surface area contributed by atoms with Gasteiger partial charge in [-0.15, -0.1) is 11.8 Å². The number of aromatic nitrogens is 2. The Morgan fingerprint density at radius 3 is 3.05 bits per heavy atom. The van der Waals surface area contributed by atoms with Crippen molar-refractivity contribution in [3.05, 3.63) is 41.8 Å². The van der Waals surface area contributed by atoms with E-state index >= 15 is 0 Å². The van der Waals surface area contributed by atoms with Gasteiger partial charge in [-0.2, -0.15) is 4.98 Å². The monoisotopic (exact) mass is 293 g/mol. The van der Waals surface area contributed by atoms with Crippen molar-refractivity contribution in [1.29, 1.82) is 0 Å². The van der Waals surface area contributed by atoms with Crippen molar-refractivity contribution in [2.75, 3.05) is 13.1 Å². The molecule has 6 heteroatoms. The van der Waals surface area contributed by atoms with Crippen molar-refractivity contribution < 1.29 is 8.91 Å². The van der Waals surface area contributed by atoms with Crippen molar-refractivity contribution in [2.45, 2.75) is 29.4 Å². The van der Waals surface area contributed by atoms with Crippen LogP contribution in [0, 0.1) is 5.82 Å². The van der Waals surface area contributed by atoms with E-state index in [1.807, 2.05) is 6.07 Å². The molecule has 0 radical (unpaired) electrons. The first-order chi connectivity index (χ1) is 9.67. The number of hydrogen-bond acceptors (Lipinski definition) is 5. The highest BCUT2D eigenvalue weighted by Crippen LogP contribution is 2.30. The average Bonchev–Trinajstić information content (AvgIpc) is 3.08. The van der Waals surface area contributed by atoms with Crippen LogP contribution in [0.25, 0.3) is 0 Å². The van der Waals surface area contributed by atoms with Gasteiger partial charge in [-0.05, 0) is 32.0 Å². The lowest BCUT2D eigenvalue weighted by molar-refractivity contribution is 0.305. The van der Waals surface area contributed by atoms with Crippen LogP contribution in [0.15, 0.2) is 33.7 Å². The Balaban J connectivity index is 1.67. The predicted octanol–water partition coefficient (Wildman–Crippen LogP) is 2.75. The molecule has 2 aromatic rings. The summed E-state index contributed by atoms with van der Waals surface area (Å²) in [6.45, 7) is 3.95. The lowest BCUT2D eigenvalue weighted by Crippen LogP contribution is -2.25. The number of nitrogens with one attached hydrogen (secondary N) is 1. The van der Waals surface area contributed by atoms with E-state index in [9.17, 15) is 4.39 Å². The Kier molecular flexibility index (Phi) is 3.76. The fraction of sp³-hybridized carbons (Fsp3) is 0.429. The summed E-state index contributed by atoms with van der Waals surface area (Å²) in [5.74, 6) is 1.58. The van der Waals surface area contributed by atoms with E-state index in [4.69, 9.17) is 4.52 Å². The molecule has 1 aromatic carbocycles. The van der Waals surface area contributed by atoms with Gasteiger partial charge < -0.3 is 9.84 Å². The smallest absolute Gasteiger partial charge is 0.233 e. The highest BCUT2D eigenvalue weighted by atomic mass is 32.2. The molecule has 1 unspecified atom stereocenters. The number of rotatable bonds is 4. The van der Waals surface area contributed by atoms with E-state index in [-0.39, 0.29) is 11.2 Å². The van der Waals surface area contributed by atoms with Gasteiger partial charge in [0.05, 0.1) is 11.2 Å². The molecule has 20 heavy (non-hydrogen) atoms. The molecule has 106 valence electrons. The van der Waals surface area contributed by atoms with Crippen LogP contribution in [0.3, 0.4) is 0 Å². The maximum absolute atomic E-state index is 13.5. The van der Waals surface area contributed by atoms with Crippen LogP contribution in [-0.4, -0.2) is 23.2 Å². The molecule has 1 N–H and O–H groups in total. The van der Waals surface area contributed by atoms with Gasteiger partial charge in [-0.3, -0.25) is 0 Å². The summed E-state index contributed by atoms with van der Waals surface area (Å²) in [6, 6.07) is 6.70. The molecule has 1 saturated heterocycles. The Bertz CT molecular complexity index is 596. The molecule has 2 heterocycles. The molecule has 0 amide bonds. The van der Waals surface area contributed by atoms with Crippen LogP contribution in [0.2, 0.25) is 0 Å². The van der Waals surface area contributed by atoms with Crippen molar-refractivity contribution in [2.24, 2.45) is 0 Å². The van der Waals surface area contributed by atoms with Crippen LogP contribution in [-0.2, 0) is 11.2 Å². The van der Waals surface area contributed by atoms with E-state index < -0.39 is 0 Å². The second kappa shape index (κ2) is 5.54. The molecule has 1 aliphatic heterocycles. The summed E-state index contributed by atoms with van der Waals surface area (Å²) in [5, 5.41) is 7.30. The molecule has 4 nitrogen and oxygen atoms in total. The van der Waals surface area contributed by atoms with Crippen LogP contribution in [0.1, 0.15) is 25.1 Å². The summed E-state index contributed by atoms with van der Waals surface area (Å²) in [4.78, 5) is 5.05. The Morgan fingerprint density at radius 1 is 1.45 bits per heavy atom. The molecule has 3 rings (SSSR count). The van der Waals surface area contributed by atoms with Gasteiger partial charge in [0.2, 0.25) is 5.89 Å². The van der Waals surface area contributed by atoms with Crippen molar-refractivity contribution in [1.82, 2.24) is 15.5 Å². The summed E-state index contributed by atoms with van der Waals surface area (Å²) in [7, 11) is 0. The van der Waals surface area contributed by atoms with Crippen molar-refractivity contribution in [3.63, 3.8) is 0 Å². The number of benzene rings is 1. The van der Waals surface area contributed by atoms with Gasteiger partial charge in [-0.1, -0.05) is 17.3 Å². The van der Waals surface area contributed by atoms with E-state index in [0.29, 0.717) is 22.4 Å². The molecule has 1 atom stereocenters. The predicted molar refractivity (Wildman–Crippen MR) is 75.1 cm³/mol. The topological polar surface area (TPSA) is 51.0 Å². The van der Waals surface area contributed by atoms with Crippen molar-refractivity contribution >= 4 is 11.8 Å². The maximum atomic E-state index is 13.5. The molecule has 0 aliphatic carbocycles. The minimum Gasteiger partial charge on any atom is -0.339 e. The molecule has 1 fully saturated rings. The summed E-state index contributed by atoms with van der Waals surface area (Å²) >= 11 is 1.38. The van der Waals surface area contributed by atoms with E-state index in [2.05, 4.69) is 22.4 Å². The van der Waals surface area contributed by atoms with E-state index in [0.717, 1.165) is 19.5 Å². The zero-order valence-corrected chi connectivity index (χ0v) is 12.0. The Labute approximate surface area is 121 Å². The van der Waals surface area contributed by atoms with Gasteiger partial charge >= 0.3 is 0 Å². The number of thioether (sulfide) groups is 1. The molecular weight excluding hydrogens is 277 g/mol. The van der Waals surface area contributed by atoms with Crippen LogP contribution >= 0.6 is 11.8 Å². The standard InChI is InChI=1S/C14H16FN3OS/c1-14(6-7-16-9-14)13-17-12(18-19-13)8-20-11-5-3-2-4-10(11)15/h2-5,16H,6-9H2,1H3. The number of hydrogen-bond donors (Lipinski definition) is 1. The minimum atomic E-state index is -0.215. The Morgan fingerprint density at radius 2 is 2.30 bits per heavy atom. The molecular formula is C14H16FN3OS. The lowest BCUT2D eigenvalue weighted by atomic mass is 9.90. The Hall–Kier alpha value is -1.40. The largest absolute Gasteiger partial charge is 0.339 e. The summed E-state index contributed by atoms with van der Waals surface area (Å²) < 4.78 is 18.9. The third-order valence-electron chi connectivity index (χ3n) is 3.55. The fourth-order valence-electron chi connectivity index (χ4n) is 2.26. The highest BCUT2D eigenvalue weighted by Gasteiger charge is 2.36. The van der Waals surface area contributed by atoms with Gasteiger partial charge in [0, 0.05) is 11.4 Å². The van der Waals surface area contributed by atoms with Gasteiger partial charge in [0.1, 0.15) is 5.82 Å². The molecule has 0 spiro atoms. The fourth-order valence-corrected chi connectivity index (χ4v) is 3.04. The van der Waals surface area contributed by atoms with Gasteiger partial charge in [-0.25, -0.2) is 4.39 Å². The van der Waals surface area contributed by atoms with Gasteiger partial charge in [0.15, 0.2) is 5.82 Å². The number of nitrogens with zero attached hydrogens (tertiary/aromatic N) is 2. The second-order valence-corrected chi connectivity index (χ2v) is 6.24. The van der Waals surface area contributed by atoms with E-state index in [1.54, 1.807) is 12.1 Å².